The van der Waals surface area contributed by atoms with Gasteiger partial charge in [0.15, 0.2) is 5.84 Å². The smallest absolute Gasteiger partial charge is 0.286 e. The van der Waals surface area contributed by atoms with Crippen molar-refractivity contribution < 1.29 is 17.9 Å². The Labute approximate surface area is 162 Å². The highest BCUT2D eigenvalue weighted by molar-refractivity contribution is 7.89. The molecule has 10 nitrogen and oxygen atoms in total. The number of anilines is 1. The summed E-state index contributed by atoms with van der Waals surface area (Å²) in [6.45, 7) is 4.24. The van der Waals surface area contributed by atoms with Crippen LogP contribution in [0.1, 0.15) is 13.8 Å². The van der Waals surface area contributed by atoms with E-state index in [1.807, 2.05) is 0 Å². The molecule has 0 aromatic heterocycles. The van der Waals surface area contributed by atoms with Crippen molar-refractivity contribution in [2.75, 3.05) is 25.5 Å². The van der Waals surface area contributed by atoms with Crippen LogP contribution in [0.25, 0.3) is 0 Å². The number of nitrogens with zero attached hydrogens (tertiary/aromatic N) is 4. The fraction of sp³-hybridized carbons (Fsp3) is 0.294. The van der Waals surface area contributed by atoms with Crippen molar-refractivity contribution in [3.05, 3.63) is 29.5 Å². The second kappa shape index (κ2) is 7.52. The van der Waals surface area contributed by atoms with E-state index in [9.17, 15) is 13.2 Å². The largest absolute Gasteiger partial charge is 0.495 e. The van der Waals surface area contributed by atoms with Crippen LogP contribution in [0.4, 0.5) is 5.69 Å². The van der Waals surface area contributed by atoms with Crippen molar-refractivity contribution in [3.63, 3.8) is 0 Å². The summed E-state index contributed by atoms with van der Waals surface area (Å²) < 4.78 is 32.3. The molecule has 0 aliphatic carbocycles. The number of nitrogens with one attached hydrogen (secondary N) is 1. The average molecular weight is 404 g/mol. The highest BCUT2D eigenvalue weighted by Gasteiger charge is 2.29. The lowest BCUT2D eigenvalue weighted by Gasteiger charge is -2.20. The van der Waals surface area contributed by atoms with E-state index in [0.717, 1.165) is 0 Å². The second-order valence-corrected chi connectivity index (χ2v) is 7.77. The maximum absolute atomic E-state index is 12.8. The van der Waals surface area contributed by atoms with Gasteiger partial charge in [0, 0.05) is 13.1 Å². The molecule has 3 N–H and O–H groups in total. The highest BCUT2D eigenvalue weighted by Crippen LogP contribution is 2.31. The molecule has 0 fully saturated rings. The molecular formula is C17H20N6O4S. The highest BCUT2D eigenvalue weighted by atomic mass is 32.2. The number of guanidine groups is 1. The van der Waals surface area contributed by atoms with E-state index >= 15 is 0 Å². The number of ether oxygens (including phenoxy) is 1. The third-order valence-corrected chi connectivity index (χ3v) is 6.29. The number of sulfonamides is 1. The fourth-order valence-corrected chi connectivity index (χ4v) is 4.35. The summed E-state index contributed by atoms with van der Waals surface area (Å²) in [5, 5.41) is 3.00. The lowest BCUT2D eigenvalue weighted by atomic mass is 10.2. The van der Waals surface area contributed by atoms with Crippen LogP contribution in [0.3, 0.4) is 0 Å². The van der Waals surface area contributed by atoms with Gasteiger partial charge in [0.1, 0.15) is 11.3 Å². The Balaban J connectivity index is 2.03. The number of carbonyl (C=O) groups is 1. The Morgan fingerprint density at radius 3 is 2.57 bits per heavy atom. The maximum atomic E-state index is 12.8. The summed E-state index contributed by atoms with van der Waals surface area (Å²) in [4.78, 5) is 23.9. The van der Waals surface area contributed by atoms with Crippen LogP contribution < -0.4 is 15.8 Å². The van der Waals surface area contributed by atoms with E-state index in [2.05, 4.69) is 20.3 Å². The molecule has 11 heteroatoms. The van der Waals surface area contributed by atoms with Crippen molar-refractivity contribution in [3.8, 4) is 5.75 Å². The molecule has 1 aromatic rings. The number of nitrogens with two attached hydrogens (primary N) is 1. The van der Waals surface area contributed by atoms with Crippen LogP contribution in [0, 0.1) is 0 Å². The molecular weight excluding hydrogens is 384 g/mol. The molecule has 2 aliphatic rings. The van der Waals surface area contributed by atoms with E-state index in [1.54, 1.807) is 19.9 Å². The number of allylic oxidation sites excluding steroid dienone is 1. The normalized spacial score (nSPS) is 16.2. The zero-order valence-corrected chi connectivity index (χ0v) is 16.4. The molecule has 1 aromatic carbocycles. The summed E-state index contributed by atoms with van der Waals surface area (Å²) in [5.74, 6) is -0.178. The molecule has 2 heterocycles. The predicted octanol–water partition coefficient (Wildman–Crippen LogP) is 0.730. The van der Waals surface area contributed by atoms with Gasteiger partial charge in [0.05, 0.1) is 29.6 Å². The van der Waals surface area contributed by atoms with Crippen molar-refractivity contribution >= 4 is 39.6 Å². The second-order valence-electron chi connectivity index (χ2n) is 5.83. The zero-order chi connectivity index (χ0) is 20.5. The Morgan fingerprint density at radius 2 is 1.93 bits per heavy atom. The molecule has 148 valence electrons. The standard InChI is InChI=1S/C17H20N6O4S/c1-4-23(5-2)28(25,26)10-6-7-13(27-3)11(8-10)20-12-9-19-15-14(12)16(24)22-17(18)21-15/h6-9,20H,4-5H2,1-3H3,(H2,18,22,24). The molecule has 2 aliphatic heterocycles. The minimum Gasteiger partial charge on any atom is -0.495 e. The minimum atomic E-state index is -3.66. The SMILES string of the molecule is CCN(CC)S(=O)(=O)c1ccc(OC)c(NC2=C3C(=O)N=C(N)N=C3N=C2)c1. The molecule has 1 amide bonds. The number of aliphatic imine (C=N–C) groups is 3. The predicted molar refractivity (Wildman–Crippen MR) is 106 cm³/mol. The van der Waals surface area contributed by atoms with Gasteiger partial charge in [-0.1, -0.05) is 13.8 Å². The molecule has 0 unspecified atom stereocenters. The number of fused-ring (bicyclic) bond motifs is 1. The first-order chi connectivity index (χ1) is 13.3. The van der Waals surface area contributed by atoms with Crippen LogP contribution in [-0.4, -0.2) is 56.8 Å². The van der Waals surface area contributed by atoms with Gasteiger partial charge in [-0.2, -0.15) is 14.3 Å². The van der Waals surface area contributed by atoms with Crippen LogP contribution >= 0.6 is 0 Å². The number of hydrogen-bond donors (Lipinski definition) is 2. The molecule has 0 radical (unpaired) electrons. The molecule has 0 spiro atoms. The number of hydrogen-bond acceptors (Lipinski definition) is 8. The number of benzene rings is 1. The summed E-state index contributed by atoms with van der Waals surface area (Å²) in [6.07, 6.45) is 1.41. The van der Waals surface area contributed by atoms with E-state index in [1.165, 1.54) is 29.8 Å². The first-order valence-electron chi connectivity index (χ1n) is 8.52. The fourth-order valence-electron chi connectivity index (χ4n) is 2.86. The van der Waals surface area contributed by atoms with Crippen molar-refractivity contribution in [2.24, 2.45) is 20.7 Å². The Kier molecular flexibility index (Phi) is 5.29. The molecule has 0 saturated heterocycles. The Bertz CT molecular complexity index is 1050. The van der Waals surface area contributed by atoms with Crippen LogP contribution in [0.2, 0.25) is 0 Å². The molecule has 0 saturated carbocycles. The monoisotopic (exact) mass is 404 g/mol. The Morgan fingerprint density at radius 1 is 1.21 bits per heavy atom. The van der Waals surface area contributed by atoms with Crippen molar-refractivity contribution in [2.45, 2.75) is 18.7 Å². The van der Waals surface area contributed by atoms with Gasteiger partial charge in [-0.3, -0.25) is 4.79 Å². The lowest BCUT2D eigenvalue weighted by Crippen LogP contribution is -2.30. The van der Waals surface area contributed by atoms with Crippen LogP contribution in [-0.2, 0) is 14.8 Å². The minimum absolute atomic E-state index is 0.103. The third-order valence-electron chi connectivity index (χ3n) is 4.24. The van der Waals surface area contributed by atoms with Crippen molar-refractivity contribution in [1.82, 2.24) is 4.31 Å². The molecule has 28 heavy (non-hydrogen) atoms. The number of carbonyl (C=O) groups excluding carboxylic acids is 1. The summed E-state index contributed by atoms with van der Waals surface area (Å²) in [6, 6.07) is 4.47. The molecule has 0 bridgehead atoms. The van der Waals surface area contributed by atoms with Gasteiger partial charge in [-0.25, -0.2) is 13.4 Å². The van der Waals surface area contributed by atoms with E-state index < -0.39 is 15.9 Å². The van der Waals surface area contributed by atoms with Gasteiger partial charge in [-0.05, 0) is 18.2 Å². The molecule has 0 atom stereocenters. The number of methoxy groups -OCH3 is 1. The topological polar surface area (TPSA) is 139 Å². The number of amides is 1. The lowest BCUT2D eigenvalue weighted by molar-refractivity contribution is -0.113. The van der Waals surface area contributed by atoms with Crippen molar-refractivity contribution in [1.29, 1.82) is 0 Å². The number of rotatable bonds is 7. The van der Waals surface area contributed by atoms with Gasteiger partial charge in [-0.15, -0.1) is 0 Å². The molecule has 3 rings (SSSR count). The van der Waals surface area contributed by atoms with Crippen LogP contribution in [0.15, 0.2) is 49.3 Å². The van der Waals surface area contributed by atoms with Gasteiger partial charge in [0.2, 0.25) is 16.0 Å². The third kappa shape index (κ3) is 3.41. The van der Waals surface area contributed by atoms with E-state index in [0.29, 0.717) is 30.2 Å². The van der Waals surface area contributed by atoms with Gasteiger partial charge < -0.3 is 15.8 Å². The first-order valence-corrected chi connectivity index (χ1v) is 9.96. The van der Waals surface area contributed by atoms with Crippen LogP contribution in [0.5, 0.6) is 5.75 Å². The van der Waals surface area contributed by atoms with Gasteiger partial charge in [0.25, 0.3) is 5.91 Å². The quantitative estimate of drug-likeness (QED) is 0.687. The van der Waals surface area contributed by atoms with Gasteiger partial charge >= 0.3 is 0 Å². The number of amidine groups is 1. The van der Waals surface area contributed by atoms with E-state index in [-0.39, 0.29) is 22.3 Å². The van der Waals surface area contributed by atoms with E-state index in [4.69, 9.17) is 10.5 Å². The first kappa shape index (κ1) is 19.7. The summed E-state index contributed by atoms with van der Waals surface area (Å²) in [5.41, 5.74) is 6.33. The average Bonchev–Trinajstić information content (AvgIpc) is 3.05. The maximum Gasteiger partial charge on any atom is 0.286 e. The summed E-state index contributed by atoms with van der Waals surface area (Å²) >= 11 is 0. The Hall–Kier alpha value is -3.05. The zero-order valence-electron chi connectivity index (χ0n) is 15.6. The summed E-state index contributed by atoms with van der Waals surface area (Å²) in [7, 11) is -2.20.